The molecule has 0 amide bonds. The Morgan fingerprint density at radius 1 is 0.703 bits per heavy atom. The van der Waals surface area contributed by atoms with Gasteiger partial charge in [-0.3, -0.25) is 0 Å². The van der Waals surface area contributed by atoms with Crippen molar-refractivity contribution < 1.29 is 13.5 Å². The van der Waals surface area contributed by atoms with Crippen LogP contribution < -0.4 is 0 Å². The van der Waals surface area contributed by atoms with E-state index in [9.17, 15) is 8.78 Å². The van der Waals surface area contributed by atoms with Crippen LogP contribution in [0.3, 0.4) is 0 Å². The molecule has 0 bridgehead atoms. The molecule has 0 fully saturated rings. The number of rotatable bonds is 10. The van der Waals surface area contributed by atoms with Gasteiger partial charge in [0.25, 0.3) is 0 Å². The lowest BCUT2D eigenvalue weighted by Gasteiger charge is -2.40. The van der Waals surface area contributed by atoms with Crippen LogP contribution in [0.4, 0.5) is 8.78 Å². The van der Waals surface area contributed by atoms with Gasteiger partial charge in [0.05, 0.1) is 11.4 Å². The molecule has 2 atom stereocenters. The maximum absolute atomic E-state index is 13.6. The first-order valence-electron chi connectivity index (χ1n) is 12.3. The highest BCUT2D eigenvalue weighted by molar-refractivity contribution is 9.09. The first-order chi connectivity index (χ1) is 17.9. The summed E-state index contributed by atoms with van der Waals surface area (Å²) in [5.74, 6) is 1.10. The monoisotopic (exact) mass is 634 g/mol. The summed E-state index contributed by atoms with van der Waals surface area (Å²) in [6.45, 7) is 5.45. The molecule has 0 saturated carbocycles. The highest BCUT2D eigenvalue weighted by atomic mass is 79.9. The van der Waals surface area contributed by atoms with Crippen molar-refractivity contribution in [2.45, 2.75) is 39.1 Å². The molecule has 0 spiro atoms. The van der Waals surface area contributed by atoms with E-state index in [0.29, 0.717) is 0 Å². The lowest BCUT2D eigenvalue weighted by molar-refractivity contribution is -0.0742. The van der Waals surface area contributed by atoms with E-state index in [1.165, 1.54) is 24.3 Å². The number of hydrogen-bond acceptors (Lipinski definition) is 5. The number of amidine groups is 2. The van der Waals surface area contributed by atoms with Crippen molar-refractivity contribution in [1.29, 1.82) is 0 Å². The summed E-state index contributed by atoms with van der Waals surface area (Å²) in [7, 11) is 0. The van der Waals surface area contributed by atoms with E-state index in [1.807, 2.05) is 26.0 Å². The summed E-state index contributed by atoms with van der Waals surface area (Å²) in [6.07, 6.45) is 5.02. The van der Waals surface area contributed by atoms with Gasteiger partial charge in [0.1, 0.15) is 23.3 Å². The topological polar surface area (TPSA) is 40.4 Å². The molecule has 4 rings (SSSR count). The summed E-state index contributed by atoms with van der Waals surface area (Å²) < 4.78 is 33.9. The predicted molar refractivity (Wildman–Crippen MR) is 154 cm³/mol. The number of ether oxygens (including phenoxy) is 1. The lowest BCUT2D eigenvalue weighted by atomic mass is 10.1. The van der Waals surface area contributed by atoms with Gasteiger partial charge in [-0.2, -0.15) is 0 Å². The molecule has 0 N–H and O–H groups in total. The van der Waals surface area contributed by atoms with Crippen LogP contribution in [-0.2, 0) is 4.74 Å². The van der Waals surface area contributed by atoms with Gasteiger partial charge in [-0.1, -0.05) is 31.9 Å². The Balaban J connectivity index is 1.69. The van der Waals surface area contributed by atoms with Gasteiger partial charge in [0.15, 0.2) is 12.5 Å². The highest BCUT2D eigenvalue weighted by Gasteiger charge is 2.31. The van der Waals surface area contributed by atoms with Crippen LogP contribution >= 0.6 is 31.9 Å². The average Bonchev–Trinajstić information content (AvgIpc) is 2.88. The molecule has 2 aromatic rings. The van der Waals surface area contributed by atoms with Crippen LogP contribution in [0.5, 0.6) is 0 Å². The molecular formula is C28H30Br2F2N4O. The van der Waals surface area contributed by atoms with E-state index in [-0.39, 0.29) is 11.6 Å². The van der Waals surface area contributed by atoms with E-state index in [1.54, 1.807) is 24.3 Å². The molecule has 2 aliphatic rings. The normalized spacial score (nSPS) is 19.8. The molecule has 0 aromatic heterocycles. The number of hydrogen-bond donors (Lipinski definition) is 0. The first kappa shape index (κ1) is 27.7. The zero-order valence-electron chi connectivity index (χ0n) is 20.9. The number of nitrogens with zero attached hydrogens (tertiary/aromatic N) is 4. The van der Waals surface area contributed by atoms with Crippen LogP contribution in [0.2, 0.25) is 0 Å². The van der Waals surface area contributed by atoms with Gasteiger partial charge in [-0.05, 0) is 87.4 Å². The van der Waals surface area contributed by atoms with Crippen molar-refractivity contribution in [1.82, 2.24) is 9.80 Å². The van der Waals surface area contributed by atoms with Crippen LogP contribution in [0, 0.1) is 11.6 Å². The third-order valence-corrected chi connectivity index (χ3v) is 7.36. The van der Waals surface area contributed by atoms with Crippen molar-refractivity contribution in [2.75, 3.05) is 23.7 Å². The molecular weight excluding hydrogens is 606 g/mol. The number of halogens is 4. The van der Waals surface area contributed by atoms with Crippen LogP contribution in [0.1, 0.15) is 37.8 Å². The fraction of sp³-hybridized carbons (Fsp3) is 0.357. The largest absolute Gasteiger partial charge is 0.331 e. The van der Waals surface area contributed by atoms with Crippen LogP contribution in [0.25, 0.3) is 11.4 Å². The molecule has 9 heteroatoms. The second-order valence-electron chi connectivity index (χ2n) is 8.82. The Hall–Kier alpha value is -2.36. The number of benzene rings is 2. The molecule has 0 aliphatic carbocycles. The van der Waals surface area contributed by atoms with Crippen molar-refractivity contribution in [3.05, 3.63) is 83.4 Å². The van der Waals surface area contributed by atoms with Crippen LogP contribution in [-0.4, -0.2) is 57.7 Å². The maximum Gasteiger partial charge on any atom is 0.155 e. The predicted octanol–water partition coefficient (Wildman–Crippen LogP) is 7.05. The van der Waals surface area contributed by atoms with Crippen LogP contribution in [0.15, 0.2) is 70.7 Å². The Labute approximate surface area is 233 Å². The fourth-order valence-corrected chi connectivity index (χ4v) is 4.84. The zero-order valence-corrected chi connectivity index (χ0v) is 24.1. The molecule has 2 unspecified atom stereocenters. The van der Waals surface area contributed by atoms with Gasteiger partial charge in [0, 0.05) is 34.9 Å². The second kappa shape index (κ2) is 12.9. The summed E-state index contributed by atoms with van der Waals surface area (Å²) in [4.78, 5) is 13.9. The van der Waals surface area contributed by atoms with Crippen molar-refractivity contribution >= 4 is 54.9 Å². The van der Waals surface area contributed by atoms with Gasteiger partial charge in [-0.25, -0.2) is 18.8 Å². The highest BCUT2D eigenvalue weighted by Crippen LogP contribution is 2.29. The summed E-state index contributed by atoms with van der Waals surface area (Å²) in [5, 5.41) is 1.72. The van der Waals surface area contributed by atoms with Crippen molar-refractivity contribution in [3.8, 4) is 0 Å². The van der Waals surface area contributed by atoms with E-state index >= 15 is 0 Å². The number of alkyl halides is 2. The second-order valence-corrected chi connectivity index (χ2v) is 10.4. The average molecular weight is 636 g/mol. The summed E-state index contributed by atoms with van der Waals surface area (Å²) in [6, 6.07) is 12.7. The smallest absolute Gasteiger partial charge is 0.155 e. The Morgan fingerprint density at radius 2 is 1.08 bits per heavy atom. The molecule has 196 valence electrons. The molecule has 2 aromatic carbocycles. The molecule has 5 nitrogen and oxygen atoms in total. The van der Waals surface area contributed by atoms with Crippen molar-refractivity contribution in [3.63, 3.8) is 0 Å². The third kappa shape index (κ3) is 6.94. The van der Waals surface area contributed by atoms with E-state index in [4.69, 9.17) is 14.7 Å². The fourth-order valence-electron chi connectivity index (χ4n) is 4.34. The Kier molecular flexibility index (Phi) is 9.67. The minimum absolute atomic E-state index is 0.287. The molecule has 2 heterocycles. The summed E-state index contributed by atoms with van der Waals surface area (Å²) >= 11 is 7.06. The SMILES string of the molecule is CC1=NC(c2ccc(F)cc2)=CC(OC2C=C(c3ccc(F)cc3)N=C(C)N2CCCBr)N1CCCBr. The third-order valence-electron chi connectivity index (χ3n) is 6.24. The van der Waals surface area contributed by atoms with Gasteiger partial charge in [0.2, 0.25) is 0 Å². The molecule has 37 heavy (non-hydrogen) atoms. The minimum atomic E-state index is -0.398. The van der Waals surface area contributed by atoms with Crippen molar-refractivity contribution in [2.24, 2.45) is 9.98 Å². The minimum Gasteiger partial charge on any atom is -0.331 e. The molecule has 0 radical (unpaired) electrons. The van der Waals surface area contributed by atoms with E-state index < -0.39 is 12.5 Å². The van der Waals surface area contributed by atoms with Gasteiger partial charge in [-0.15, -0.1) is 0 Å². The maximum atomic E-state index is 13.6. The Bertz CT molecular complexity index is 1100. The standard InChI is InChI=1S/C28H30Br2F2N4O/c1-19-33-25(21-5-9-23(31)10-6-21)17-27(35(19)15-3-13-29)37-28-18-26(22-7-11-24(32)12-8-22)34-20(2)36(28)16-4-14-30/h5-12,17-18,27-28H,3-4,13-16H2,1-2H3. The zero-order chi connectivity index (χ0) is 26.4. The first-order valence-corrected chi connectivity index (χ1v) is 14.5. The molecule has 0 saturated heterocycles. The van der Waals surface area contributed by atoms with Gasteiger partial charge >= 0.3 is 0 Å². The lowest BCUT2D eigenvalue weighted by Crippen LogP contribution is -2.49. The van der Waals surface area contributed by atoms with Gasteiger partial charge < -0.3 is 14.5 Å². The quantitative estimate of drug-likeness (QED) is 0.263. The Morgan fingerprint density at radius 3 is 1.43 bits per heavy atom. The molecule has 2 aliphatic heterocycles. The van der Waals surface area contributed by atoms with E-state index in [0.717, 1.165) is 70.8 Å². The number of aliphatic imine (C=N–C) groups is 2. The van der Waals surface area contributed by atoms with E-state index in [2.05, 4.69) is 41.7 Å². The summed E-state index contributed by atoms with van der Waals surface area (Å²) in [5.41, 5.74) is 3.14.